The Balaban J connectivity index is 2.49. The van der Waals surface area contributed by atoms with Crippen LogP contribution in [0, 0.1) is 11.3 Å². The van der Waals surface area contributed by atoms with Gasteiger partial charge in [-0.25, -0.2) is 0 Å². The van der Waals surface area contributed by atoms with E-state index in [0.29, 0.717) is 0 Å². The fourth-order valence-electron chi connectivity index (χ4n) is 1.13. The van der Waals surface area contributed by atoms with E-state index in [2.05, 4.69) is 11.4 Å². The third-order valence-electron chi connectivity index (χ3n) is 1.61. The average molecular weight is 150 g/mol. The van der Waals surface area contributed by atoms with E-state index in [0.717, 1.165) is 18.0 Å². The Kier molecular flexibility index (Phi) is 1.23. The van der Waals surface area contributed by atoms with Crippen LogP contribution in [0.25, 0.3) is 0 Å². The van der Waals surface area contributed by atoms with Gasteiger partial charge in [0.2, 0.25) is 0 Å². The fourth-order valence-corrected chi connectivity index (χ4v) is 2.08. The second-order valence-corrected chi connectivity index (χ2v) is 3.41. The number of fused-ring (bicyclic) bond motifs is 1. The molecule has 3 heteroatoms. The molecule has 1 aromatic heterocycles. The van der Waals surface area contributed by atoms with Gasteiger partial charge in [0.15, 0.2) is 0 Å². The number of hydrogen-bond donors (Lipinski definition) is 1. The van der Waals surface area contributed by atoms with Crippen LogP contribution in [0.2, 0.25) is 0 Å². The third-order valence-corrected chi connectivity index (χ3v) is 2.69. The van der Waals surface area contributed by atoms with Crippen molar-refractivity contribution >= 4 is 11.3 Å². The summed E-state index contributed by atoms with van der Waals surface area (Å²) in [6.45, 7) is 1.88. The highest BCUT2D eigenvalue weighted by atomic mass is 32.1. The van der Waals surface area contributed by atoms with Crippen molar-refractivity contribution in [1.29, 1.82) is 5.26 Å². The van der Waals surface area contributed by atoms with Crippen LogP contribution in [0.3, 0.4) is 0 Å². The van der Waals surface area contributed by atoms with Crippen molar-refractivity contribution in [3.8, 4) is 6.07 Å². The summed E-state index contributed by atoms with van der Waals surface area (Å²) in [5.74, 6) is 0. The van der Waals surface area contributed by atoms with E-state index in [1.54, 1.807) is 11.3 Å². The first-order valence-electron chi connectivity index (χ1n) is 3.12. The predicted molar refractivity (Wildman–Crippen MR) is 39.6 cm³/mol. The largest absolute Gasteiger partial charge is 0.308 e. The summed E-state index contributed by atoms with van der Waals surface area (Å²) in [7, 11) is 0. The lowest BCUT2D eigenvalue weighted by Gasteiger charge is -1.84. The maximum Gasteiger partial charge on any atom is 0.110 e. The predicted octanol–water partition coefficient (Wildman–Crippen LogP) is 1.22. The van der Waals surface area contributed by atoms with Crippen LogP contribution >= 0.6 is 11.3 Å². The lowest BCUT2D eigenvalue weighted by molar-refractivity contribution is 0.767. The molecular weight excluding hydrogens is 144 g/mol. The van der Waals surface area contributed by atoms with Gasteiger partial charge in [-0.2, -0.15) is 5.26 Å². The van der Waals surface area contributed by atoms with E-state index < -0.39 is 0 Å². The molecule has 0 bridgehead atoms. The van der Waals surface area contributed by atoms with Gasteiger partial charge in [-0.1, -0.05) is 0 Å². The summed E-state index contributed by atoms with van der Waals surface area (Å²) in [5.41, 5.74) is 1.31. The van der Waals surface area contributed by atoms with E-state index in [-0.39, 0.29) is 0 Å². The highest BCUT2D eigenvalue weighted by Crippen LogP contribution is 2.25. The van der Waals surface area contributed by atoms with Crippen LogP contribution in [-0.4, -0.2) is 0 Å². The molecule has 0 aliphatic carbocycles. The Hall–Kier alpha value is -0.850. The van der Waals surface area contributed by atoms with Crippen LogP contribution in [0.1, 0.15) is 15.3 Å². The van der Waals surface area contributed by atoms with Crippen LogP contribution in [0.5, 0.6) is 0 Å². The summed E-state index contributed by atoms with van der Waals surface area (Å²) < 4.78 is 0. The van der Waals surface area contributed by atoms with Gasteiger partial charge >= 0.3 is 0 Å². The molecule has 0 aromatic carbocycles. The third kappa shape index (κ3) is 0.737. The van der Waals surface area contributed by atoms with Crippen LogP contribution in [0.4, 0.5) is 0 Å². The molecule has 2 heterocycles. The minimum atomic E-state index is 0.839. The maximum atomic E-state index is 8.53. The molecule has 1 aliphatic heterocycles. The van der Waals surface area contributed by atoms with E-state index >= 15 is 0 Å². The van der Waals surface area contributed by atoms with E-state index in [1.807, 2.05) is 6.07 Å². The van der Waals surface area contributed by atoms with E-state index in [1.165, 1.54) is 10.4 Å². The molecule has 0 saturated carbocycles. The van der Waals surface area contributed by atoms with Gasteiger partial charge in [-0.15, -0.1) is 11.3 Å². The molecule has 1 aliphatic rings. The molecule has 0 unspecified atom stereocenters. The highest BCUT2D eigenvalue weighted by Gasteiger charge is 2.13. The lowest BCUT2D eigenvalue weighted by Crippen LogP contribution is -2.00. The van der Waals surface area contributed by atoms with Crippen molar-refractivity contribution in [2.45, 2.75) is 13.1 Å². The minimum Gasteiger partial charge on any atom is -0.308 e. The average Bonchev–Trinajstić information content (AvgIpc) is 2.42. The molecule has 2 nitrogen and oxygen atoms in total. The SMILES string of the molecule is N#Cc1cc2c(s1)CNC2. The molecule has 0 amide bonds. The molecule has 0 radical (unpaired) electrons. The van der Waals surface area contributed by atoms with E-state index in [9.17, 15) is 0 Å². The number of nitrogens with one attached hydrogen (secondary N) is 1. The van der Waals surface area contributed by atoms with Crippen molar-refractivity contribution in [2.24, 2.45) is 0 Å². The number of thiophene rings is 1. The fraction of sp³-hybridized carbons (Fsp3) is 0.286. The Morgan fingerprint density at radius 3 is 3.20 bits per heavy atom. The summed E-state index contributed by atoms with van der Waals surface area (Å²) in [6, 6.07) is 4.12. The van der Waals surface area contributed by atoms with Crippen molar-refractivity contribution in [3.63, 3.8) is 0 Å². The van der Waals surface area contributed by atoms with Gasteiger partial charge < -0.3 is 5.32 Å². The molecule has 0 fully saturated rings. The first-order chi connectivity index (χ1) is 4.90. The van der Waals surface area contributed by atoms with Crippen LogP contribution in [-0.2, 0) is 13.1 Å². The van der Waals surface area contributed by atoms with Gasteiger partial charge in [0, 0.05) is 18.0 Å². The molecule has 50 valence electrons. The van der Waals surface area contributed by atoms with Crippen molar-refractivity contribution in [1.82, 2.24) is 5.32 Å². The Morgan fingerprint density at radius 1 is 1.60 bits per heavy atom. The quantitative estimate of drug-likeness (QED) is 0.603. The molecule has 1 N–H and O–H groups in total. The number of nitriles is 1. The first-order valence-corrected chi connectivity index (χ1v) is 3.94. The summed E-state index contributed by atoms with van der Waals surface area (Å²) in [4.78, 5) is 2.17. The zero-order chi connectivity index (χ0) is 6.97. The molecule has 1 aromatic rings. The Labute approximate surface area is 63.1 Å². The van der Waals surface area contributed by atoms with Crippen LogP contribution < -0.4 is 5.32 Å². The molecule has 0 spiro atoms. The standard InChI is InChI=1S/C7H6N2S/c8-2-6-1-5-3-9-4-7(5)10-6/h1,9H,3-4H2. The monoisotopic (exact) mass is 150 g/mol. The molecule has 2 rings (SSSR count). The van der Waals surface area contributed by atoms with Crippen molar-refractivity contribution < 1.29 is 0 Å². The second-order valence-electron chi connectivity index (χ2n) is 2.27. The zero-order valence-corrected chi connectivity index (χ0v) is 6.16. The molecule has 0 atom stereocenters. The number of rotatable bonds is 0. The van der Waals surface area contributed by atoms with Crippen molar-refractivity contribution in [2.75, 3.05) is 0 Å². The first kappa shape index (κ1) is 5.90. The van der Waals surface area contributed by atoms with Gasteiger partial charge in [0.25, 0.3) is 0 Å². The normalized spacial score (nSPS) is 14.7. The lowest BCUT2D eigenvalue weighted by atomic mass is 10.3. The second kappa shape index (κ2) is 2.08. The van der Waals surface area contributed by atoms with E-state index in [4.69, 9.17) is 5.26 Å². The highest BCUT2D eigenvalue weighted by molar-refractivity contribution is 7.12. The van der Waals surface area contributed by atoms with Crippen LogP contribution in [0.15, 0.2) is 6.07 Å². The maximum absolute atomic E-state index is 8.53. The van der Waals surface area contributed by atoms with Gasteiger partial charge in [-0.3, -0.25) is 0 Å². The zero-order valence-electron chi connectivity index (χ0n) is 5.35. The number of hydrogen-bond acceptors (Lipinski definition) is 3. The molecular formula is C7H6N2S. The Morgan fingerprint density at radius 2 is 2.50 bits per heavy atom. The molecule has 10 heavy (non-hydrogen) atoms. The smallest absolute Gasteiger partial charge is 0.110 e. The van der Waals surface area contributed by atoms with Crippen molar-refractivity contribution in [3.05, 3.63) is 21.4 Å². The van der Waals surface area contributed by atoms with Gasteiger partial charge in [0.05, 0.1) is 0 Å². The summed E-state index contributed by atoms with van der Waals surface area (Å²) >= 11 is 1.60. The van der Waals surface area contributed by atoms with Gasteiger partial charge in [-0.05, 0) is 11.6 Å². The minimum absolute atomic E-state index is 0.839. The topological polar surface area (TPSA) is 35.8 Å². The Bertz CT molecular complexity index is 274. The van der Waals surface area contributed by atoms with Gasteiger partial charge in [0.1, 0.15) is 10.9 Å². The number of nitrogens with zero attached hydrogens (tertiary/aromatic N) is 1. The summed E-state index contributed by atoms with van der Waals surface area (Å²) in [5, 5.41) is 11.8. The summed E-state index contributed by atoms with van der Waals surface area (Å²) in [6.07, 6.45) is 0. The molecule has 0 saturated heterocycles.